The van der Waals surface area contributed by atoms with Crippen LogP contribution in [0.2, 0.25) is 0 Å². The summed E-state index contributed by atoms with van der Waals surface area (Å²) in [6.45, 7) is 0. The predicted octanol–water partition coefficient (Wildman–Crippen LogP) is 0.918. The summed E-state index contributed by atoms with van der Waals surface area (Å²) in [5.41, 5.74) is -0.467. The van der Waals surface area contributed by atoms with Crippen molar-refractivity contribution < 1.29 is 10.2 Å². The number of rotatable bonds is 0. The molecule has 3 aliphatic carbocycles. The van der Waals surface area contributed by atoms with Crippen molar-refractivity contribution in [2.24, 2.45) is 17.8 Å². The van der Waals surface area contributed by atoms with E-state index >= 15 is 0 Å². The normalized spacial score (nSPS) is 62.5. The summed E-state index contributed by atoms with van der Waals surface area (Å²) in [5.74, 6) is 1.54. The molecule has 2 heteroatoms. The van der Waals surface area contributed by atoms with Crippen LogP contribution in [-0.2, 0) is 0 Å². The van der Waals surface area contributed by atoms with Gasteiger partial charge in [-0.05, 0) is 43.9 Å². The molecular formula is C10H16O2. The molecule has 3 fully saturated rings. The Labute approximate surface area is 72.6 Å². The Hall–Kier alpha value is -0.0800. The van der Waals surface area contributed by atoms with E-state index in [1.165, 1.54) is 6.42 Å². The summed E-state index contributed by atoms with van der Waals surface area (Å²) in [5, 5.41) is 20.0. The average Bonchev–Trinajstić information content (AvgIpc) is 2.11. The van der Waals surface area contributed by atoms with Gasteiger partial charge in [-0.1, -0.05) is 0 Å². The third kappa shape index (κ3) is 0.775. The third-order valence-corrected chi connectivity index (χ3v) is 4.27. The van der Waals surface area contributed by atoms with E-state index in [0.29, 0.717) is 5.92 Å². The Bertz CT molecular complexity index is 214. The minimum absolute atomic E-state index is 0.207. The number of aliphatic hydroxyl groups excluding tert-OH is 1. The minimum atomic E-state index is -0.467. The van der Waals surface area contributed by atoms with Crippen molar-refractivity contribution in [3.05, 3.63) is 0 Å². The Morgan fingerprint density at radius 1 is 1.00 bits per heavy atom. The summed E-state index contributed by atoms with van der Waals surface area (Å²) >= 11 is 0. The lowest BCUT2D eigenvalue weighted by Crippen LogP contribution is -2.48. The van der Waals surface area contributed by atoms with Crippen LogP contribution >= 0.6 is 0 Å². The predicted molar refractivity (Wildman–Crippen MR) is 44.5 cm³/mol. The lowest BCUT2D eigenvalue weighted by molar-refractivity contribution is -0.111. The monoisotopic (exact) mass is 168 g/mol. The van der Waals surface area contributed by atoms with Gasteiger partial charge in [0, 0.05) is 5.92 Å². The molecule has 0 radical (unpaired) electrons. The molecule has 0 aliphatic heterocycles. The van der Waals surface area contributed by atoms with Crippen LogP contribution in [0.5, 0.6) is 0 Å². The second-order valence-corrected chi connectivity index (χ2v) is 5.12. The molecule has 3 rings (SSSR count). The second kappa shape index (κ2) is 2.05. The maximum Gasteiger partial charge on any atom is 0.0705 e. The van der Waals surface area contributed by atoms with Crippen molar-refractivity contribution >= 4 is 0 Å². The molecule has 3 bridgehead atoms. The fourth-order valence-corrected chi connectivity index (χ4v) is 3.98. The molecule has 3 saturated carbocycles. The van der Waals surface area contributed by atoms with Gasteiger partial charge >= 0.3 is 0 Å². The summed E-state index contributed by atoms with van der Waals surface area (Å²) in [4.78, 5) is 0. The minimum Gasteiger partial charge on any atom is -0.393 e. The summed E-state index contributed by atoms with van der Waals surface area (Å²) < 4.78 is 0. The van der Waals surface area contributed by atoms with E-state index < -0.39 is 5.60 Å². The molecule has 5 atom stereocenters. The van der Waals surface area contributed by atoms with E-state index in [4.69, 9.17) is 0 Å². The zero-order valence-electron chi connectivity index (χ0n) is 7.24. The molecule has 0 spiro atoms. The number of aliphatic hydroxyl groups is 2. The van der Waals surface area contributed by atoms with Gasteiger partial charge in [-0.25, -0.2) is 0 Å². The second-order valence-electron chi connectivity index (χ2n) is 5.12. The van der Waals surface area contributed by atoms with Crippen molar-refractivity contribution in [2.45, 2.75) is 43.8 Å². The van der Waals surface area contributed by atoms with Crippen LogP contribution in [0.15, 0.2) is 0 Å². The van der Waals surface area contributed by atoms with Crippen LogP contribution in [0.1, 0.15) is 32.1 Å². The maximum absolute atomic E-state index is 10.2. The van der Waals surface area contributed by atoms with Gasteiger partial charge < -0.3 is 10.2 Å². The van der Waals surface area contributed by atoms with E-state index in [-0.39, 0.29) is 12.0 Å². The van der Waals surface area contributed by atoms with Gasteiger partial charge in [0.2, 0.25) is 0 Å². The highest BCUT2D eigenvalue weighted by molar-refractivity contribution is 5.08. The molecule has 0 saturated heterocycles. The maximum atomic E-state index is 10.2. The summed E-state index contributed by atoms with van der Waals surface area (Å²) in [6.07, 6.45) is 5.01. The van der Waals surface area contributed by atoms with Gasteiger partial charge in [-0.2, -0.15) is 0 Å². The topological polar surface area (TPSA) is 40.5 Å². The van der Waals surface area contributed by atoms with Crippen LogP contribution in [0, 0.1) is 17.8 Å². The molecule has 12 heavy (non-hydrogen) atoms. The largest absolute Gasteiger partial charge is 0.393 e. The van der Waals surface area contributed by atoms with Crippen molar-refractivity contribution in [1.82, 2.24) is 0 Å². The number of fused-ring (bicyclic) bond motifs is 2. The first kappa shape index (κ1) is 7.34. The Morgan fingerprint density at radius 3 is 2.42 bits per heavy atom. The molecular weight excluding hydrogens is 152 g/mol. The first-order valence-electron chi connectivity index (χ1n) is 5.08. The van der Waals surface area contributed by atoms with Crippen molar-refractivity contribution in [3.63, 3.8) is 0 Å². The van der Waals surface area contributed by atoms with E-state index in [9.17, 15) is 10.2 Å². The number of hydrogen-bond donors (Lipinski definition) is 2. The molecule has 4 unspecified atom stereocenters. The van der Waals surface area contributed by atoms with Crippen LogP contribution in [0.3, 0.4) is 0 Å². The smallest absolute Gasteiger partial charge is 0.0705 e. The molecule has 0 heterocycles. The molecule has 0 amide bonds. The Kier molecular flexibility index (Phi) is 1.25. The standard InChI is InChI=1S/C10H16O2/c11-9-3-7-1-6-2-8(9)10(12,4-6)5-7/h6-9,11-12H,1-5H2/t6?,7?,8?,9-,10?/m0/s1. The highest BCUT2D eigenvalue weighted by Gasteiger charge is 2.56. The van der Waals surface area contributed by atoms with Crippen LogP contribution in [-0.4, -0.2) is 21.9 Å². The van der Waals surface area contributed by atoms with Gasteiger partial charge in [0.1, 0.15) is 0 Å². The first-order valence-corrected chi connectivity index (χ1v) is 5.08. The van der Waals surface area contributed by atoms with E-state index in [1.807, 2.05) is 0 Å². The molecule has 68 valence electrons. The highest BCUT2D eigenvalue weighted by atomic mass is 16.3. The van der Waals surface area contributed by atoms with Crippen LogP contribution in [0.25, 0.3) is 0 Å². The van der Waals surface area contributed by atoms with E-state index in [0.717, 1.165) is 31.6 Å². The first-order chi connectivity index (χ1) is 5.67. The third-order valence-electron chi connectivity index (χ3n) is 4.27. The molecule has 0 aromatic heterocycles. The zero-order chi connectivity index (χ0) is 8.34. The van der Waals surface area contributed by atoms with Gasteiger partial charge in [0.05, 0.1) is 11.7 Å². The highest BCUT2D eigenvalue weighted by Crippen LogP contribution is 2.57. The summed E-state index contributed by atoms with van der Waals surface area (Å²) in [6, 6.07) is 0. The molecule has 3 aliphatic rings. The van der Waals surface area contributed by atoms with Gasteiger partial charge in [0.25, 0.3) is 0 Å². The quantitative estimate of drug-likeness (QED) is 0.564. The average molecular weight is 168 g/mol. The van der Waals surface area contributed by atoms with Crippen LogP contribution in [0.4, 0.5) is 0 Å². The van der Waals surface area contributed by atoms with Gasteiger partial charge in [0.15, 0.2) is 0 Å². The van der Waals surface area contributed by atoms with Crippen molar-refractivity contribution in [3.8, 4) is 0 Å². The van der Waals surface area contributed by atoms with Gasteiger partial charge in [-0.3, -0.25) is 0 Å². The zero-order valence-corrected chi connectivity index (χ0v) is 7.24. The fraction of sp³-hybridized carbons (Fsp3) is 1.00. The lowest BCUT2D eigenvalue weighted by Gasteiger charge is -2.43. The molecule has 2 N–H and O–H groups in total. The van der Waals surface area contributed by atoms with E-state index in [2.05, 4.69) is 0 Å². The van der Waals surface area contributed by atoms with Crippen LogP contribution < -0.4 is 0 Å². The Balaban J connectivity index is 2.00. The van der Waals surface area contributed by atoms with Crippen molar-refractivity contribution in [1.29, 1.82) is 0 Å². The SMILES string of the molecule is O[C@H]1CC2CC3CC1C(O)(C3)C2. The number of hydrogen-bond acceptors (Lipinski definition) is 2. The molecule has 2 nitrogen and oxygen atoms in total. The molecule has 0 aromatic carbocycles. The molecule has 0 aromatic rings. The Morgan fingerprint density at radius 2 is 1.67 bits per heavy atom. The van der Waals surface area contributed by atoms with Gasteiger partial charge in [-0.15, -0.1) is 0 Å². The summed E-state index contributed by atoms with van der Waals surface area (Å²) in [7, 11) is 0. The fourth-order valence-electron chi connectivity index (χ4n) is 3.98. The van der Waals surface area contributed by atoms with E-state index in [1.54, 1.807) is 0 Å². The van der Waals surface area contributed by atoms with Crippen molar-refractivity contribution in [2.75, 3.05) is 0 Å². The lowest BCUT2D eigenvalue weighted by atomic mass is 9.68.